The monoisotopic (exact) mass is 618 g/mol. The minimum absolute atomic E-state index is 0.0152. The van der Waals surface area contributed by atoms with E-state index in [0.29, 0.717) is 22.6 Å². The number of hydrogen-bond donors (Lipinski definition) is 3. The first-order valence-electron chi connectivity index (χ1n) is 10.8. The predicted octanol–water partition coefficient (Wildman–Crippen LogP) is 5.47. The first-order chi connectivity index (χ1) is 17.4. The molecule has 1 amide bonds. The molecule has 2 N–H and O–H groups in total. The van der Waals surface area contributed by atoms with Crippen LogP contribution in [-0.2, 0) is 14.3 Å². The van der Waals surface area contributed by atoms with Crippen molar-refractivity contribution in [3.05, 3.63) is 87.5 Å². The number of benzene rings is 3. The lowest BCUT2D eigenvalue weighted by molar-refractivity contribution is -0.141. The van der Waals surface area contributed by atoms with E-state index >= 15 is 0 Å². The van der Waals surface area contributed by atoms with Crippen molar-refractivity contribution in [1.82, 2.24) is 0 Å². The molecule has 0 heterocycles. The number of para-hydroxylation sites is 1. The summed E-state index contributed by atoms with van der Waals surface area (Å²) >= 11 is 6.00. The van der Waals surface area contributed by atoms with Crippen LogP contribution < -0.4 is 10.1 Å². The summed E-state index contributed by atoms with van der Waals surface area (Å²) in [6, 6.07) is 22.1. The van der Waals surface area contributed by atoms with Gasteiger partial charge in [0.25, 0.3) is 0 Å². The van der Waals surface area contributed by atoms with E-state index in [2.05, 4.69) is 40.5 Å². The number of phenolic OH excluding ortho intramolecular Hbond substituents is 1. The van der Waals surface area contributed by atoms with Crippen LogP contribution in [0.15, 0.2) is 72.8 Å². The molecule has 3 rings (SSSR count). The van der Waals surface area contributed by atoms with Crippen molar-refractivity contribution < 1.29 is 28.9 Å². The van der Waals surface area contributed by atoms with Gasteiger partial charge in [0.15, 0.2) is 6.10 Å². The average molecular weight is 618 g/mol. The Morgan fingerprint density at radius 2 is 1.81 bits per heavy atom. The van der Waals surface area contributed by atoms with E-state index in [1.54, 1.807) is 60.7 Å². The highest BCUT2D eigenvalue weighted by atomic mass is 127. The molecule has 2 atom stereocenters. The molecule has 0 saturated carbocycles. The number of aromatic hydroxyl groups is 1. The SMILES string of the molecule is N#Cc1ccc(NC(=O)O[C@H](c2cc(I)ccc2O)[C@@H](CCOC(=O)CS)Oc2ccccc2)cc1. The summed E-state index contributed by atoms with van der Waals surface area (Å²) in [6.45, 7) is -0.0152. The van der Waals surface area contributed by atoms with Crippen LogP contribution in [0.5, 0.6) is 11.5 Å². The number of nitrogens with zero attached hydrogens (tertiary/aromatic N) is 1. The second-order valence-corrected chi connectivity index (χ2v) is 9.04. The van der Waals surface area contributed by atoms with Gasteiger partial charge in [-0.3, -0.25) is 10.1 Å². The maximum atomic E-state index is 12.9. The highest BCUT2D eigenvalue weighted by molar-refractivity contribution is 14.1. The van der Waals surface area contributed by atoms with E-state index in [-0.39, 0.29) is 24.5 Å². The second kappa shape index (κ2) is 13.6. The van der Waals surface area contributed by atoms with Crippen LogP contribution in [0.4, 0.5) is 10.5 Å². The van der Waals surface area contributed by atoms with Crippen LogP contribution in [-0.4, -0.2) is 35.6 Å². The Bertz CT molecular complexity index is 1220. The van der Waals surface area contributed by atoms with Crippen molar-refractivity contribution in [3.8, 4) is 17.6 Å². The van der Waals surface area contributed by atoms with E-state index in [0.717, 1.165) is 3.57 Å². The molecule has 3 aromatic carbocycles. The minimum Gasteiger partial charge on any atom is -0.508 e. The van der Waals surface area contributed by atoms with E-state index in [4.69, 9.17) is 19.5 Å². The molecular weight excluding hydrogens is 595 g/mol. The lowest BCUT2D eigenvalue weighted by Gasteiger charge is -2.29. The molecule has 0 spiro atoms. The van der Waals surface area contributed by atoms with Gasteiger partial charge in [0, 0.05) is 21.2 Å². The van der Waals surface area contributed by atoms with Crippen molar-refractivity contribution in [1.29, 1.82) is 5.26 Å². The summed E-state index contributed by atoms with van der Waals surface area (Å²) in [5.74, 6) is -0.144. The number of halogens is 1. The molecule has 0 aliphatic heterocycles. The summed E-state index contributed by atoms with van der Waals surface area (Å²) < 4.78 is 17.9. The zero-order valence-electron chi connectivity index (χ0n) is 19.0. The molecule has 10 heteroatoms. The molecule has 0 saturated heterocycles. The Kier molecular flexibility index (Phi) is 10.3. The fourth-order valence-electron chi connectivity index (χ4n) is 3.26. The molecule has 36 heavy (non-hydrogen) atoms. The lowest BCUT2D eigenvalue weighted by atomic mass is 10.0. The molecule has 0 aromatic heterocycles. The van der Waals surface area contributed by atoms with Crippen molar-refractivity contribution in [2.24, 2.45) is 0 Å². The lowest BCUT2D eigenvalue weighted by Crippen LogP contribution is -2.32. The second-order valence-electron chi connectivity index (χ2n) is 7.48. The molecule has 8 nitrogen and oxygen atoms in total. The fourth-order valence-corrected chi connectivity index (χ4v) is 3.87. The first kappa shape index (κ1) is 27.2. The molecule has 0 radical (unpaired) electrons. The highest BCUT2D eigenvalue weighted by Crippen LogP contribution is 2.34. The number of esters is 1. The zero-order valence-corrected chi connectivity index (χ0v) is 22.0. The quantitative estimate of drug-likeness (QED) is 0.157. The summed E-state index contributed by atoms with van der Waals surface area (Å²) in [6.07, 6.45) is -2.52. The van der Waals surface area contributed by atoms with Gasteiger partial charge in [0.1, 0.15) is 17.6 Å². The number of anilines is 1. The van der Waals surface area contributed by atoms with Gasteiger partial charge in [0.05, 0.1) is 24.0 Å². The normalized spacial score (nSPS) is 12.0. The van der Waals surface area contributed by atoms with Gasteiger partial charge in [-0.2, -0.15) is 17.9 Å². The molecular formula is C26H23IN2O6S. The largest absolute Gasteiger partial charge is 0.508 e. The maximum Gasteiger partial charge on any atom is 0.412 e. The van der Waals surface area contributed by atoms with Gasteiger partial charge < -0.3 is 19.3 Å². The molecule has 0 aliphatic rings. The van der Waals surface area contributed by atoms with E-state index in [1.807, 2.05) is 12.1 Å². The van der Waals surface area contributed by atoms with E-state index < -0.39 is 24.3 Å². The number of carbonyl (C=O) groups excluding carboxylic acids is 2. The number of carbonyl (C=O) groups is 2. The zero-order chi connectivity index (χ0) is 25.9. The third kappa shape index (κ3) is 8.07. The third-order valence-corrected chi connectivity index (χ3v) is 5.88. The van der Waals surface area contributed by atoms with Crippen molar-refractivity contribution in [2.45, 2.75) is 18.6 Å². The molecule has 186 valence electrons. The van der Waals surface area contributed by atoms with Crippen LogP contribution in [0.3, 0.4) is 0 Å². The number of ether oxygens (including phenoxy) is 3. The van der Waals surface area contributed by atoms with Gasteiger partial charge in [0.2, 0.25) is 0 Å². The fraction of sp³-hybridized carbons (Fsp3) is 0.192. The molecule has 0 unspecified atom stereocenters. The van der Waals surface area contributed by atoms with Gasteiger partial charge in [-0.25, -0.2) is 4.79 Å². The summed E-state index contributed by atoms with van der Waals surface area (Å²) in [5.41, 5.74) is 1.20. The number of nitriles is 1. The molecule has 0 aliphatic carbocycles. The van der Waals surface area contributed by atoms with Crippen molar-refractivity contribution in [3.63, 3.8) is 0 Å². The Balaban J connectivity index is 1.90. The van der Waals surface area contributed by atoms with Crippen molar-refractivity contribution in [2.75, 3.05) is 17.7 Å². The number of thiol groups is 1. The molecule has 3 aromatic rings. The summed E-state index contributed by atoms with van der Waals surface area (Å²) in [4.78, 5) is 24.5. The van der Waals surface area contributed by atoms with Crippen molar-refractivity contribution >= 4 is 53.0 Å². The van der Waals surface area contributed by atoms with Gasteiger partial charge >= 0.3 is 12.1 Å². The van der Waals surface area contributed by atoms with E-state index in [9.17, 15) is 14.7 Å². The summed E-state index contributed by atoms with van der Waals surface area (Å²) in [7, 11) is 0. The number of rotatable bonds is 10. The van der Waals surface area contributed by atoms with Crippen LogP contribution in [0.25, 0.3) is 0 Å². The molecule has 0 bridgehead atoms. The number of nitrogens with one attached hydrogen (secondary N) is 1. The maximum absolute atomic E-state index is 12.9. The first-order valence-corrected chi connectivity index (χ1v) is 12.5. The average Bonchev–Trinajstić information content (AvgIpc) is 2.89. The van der Waals surface area contributed by atoms with Crippen LogP contribution in [0, 0.1) is 14.9 Å². The van der Waals surface area contributed by atoms with Crippen LogP contribution in [0.1, 0.15) is 23.7 Å². The highest BCUT2D eigenvalue weighted by Gasteiger charge is 2.32. The molecule has 0 fully saturated rings. The Morgan fingerprint density at radius 1 is 1.08 bits per heavy atom. The number of amides is 1. The smallest absolute Gasteiger partial charge is 0.412 e. The van der Waals surface area contributed by atoms with Crippen LogP contribution in [0.2, 0.25) is 0 Å². The minimum atomic E-state index is -1.06. The standard InChI is InChI=1S/C26H23IN2O6S/c27-18-8-11-22(30)21(14-18)25(35-26(32)29-19-9-6-17(15-28)7-10-19)23(12-13-33-24(31)16-36)34-20-4-2-1-3-5-20/h1-11,14,23,25,30,36H,12-13,16H2,(H,29,32)/t23-,25-/m1/s1. The van der Waals surface area contributed by atoms with Crippen LogP contribution >= 0.6 is 35.2 Å². The van der Waals surface area contributed by atoms with Gasteiger partial charge in [-0.1, -0.05) is 18.2 Å². The number of phenols is 1. The van der Waals surface area contributed by atoms with Gasteiger partial charge in [-0.15, -0.1) is 0 Å². The Morgan fingerprint density at radius 3 is 2.47 bits per heavy atom. The summed E-state index contributed by atoms with van der Waals surface area (Å²) in [5, 5.41) is 22.2. The Hall–Kier alpha value is -3.43. The third-order valence-electron chi connectivity index (χ3n) is 4.95. The topological polar surface area (TPSA) is 118 Å². The van der Waals surface area contributed by atoms with Gasteiger partial charge in [-0.05, 0) is 77.2 Å². The predicted molar refractivity (Wildman–Crippen MR) is 145 cm³/mol. The van der Waals surface area contributed by atoms with E-state index in [1.165, 1.54) is 6.07 Å². The number of hydrogen-bond acceptors (Lipinski definition) is 8. The Labute approximate surface area is 227 Å².